The van der Waals surface area contributed by atoms with Crippen LogP contribution in [0.1, 0.15) is 10.4 Å². The summed E-state index contributed by atoms with van der Waals surface area (Å²) in [6.07, 6.45) is 0.985. The molecule has 1 fully saturated rings. The molecule has 1 amide bonds. The van der Waals surface area contributed by atoms with Crippen molar-refractivity contribution in [1.29, 1.82) is 0 Å². The Morgan fingerprint density at radius 3 is 2.87 bits per heavy atom. The number of amides is 1. The molecule has 3 aromatic rings. The van der Waals surface area contributed by atoms with Crippen molar-refractivity contribution >= 4 is 28.4 Å². The number of morpholine rings is 1. The fraction of sp³-hybridized carbons (Fsp3) is 0.286. The quantitative estimate of drug-likeness (QED) is 0.623. The molecule has 0 saturated carbocycles. The van der Waals surface area contributed by atoms with Gasteiger partial charge in [0, 0.05) is 36.3 Å². The Hall–Kier alpha value is -3.01. The molecule has 0 bridgehead atoms. The van der Waals surface area contributed by atoms with E-state index in [9.17, 15) is 4.79 Å². The molecule has 8 nitrogen and oxygen atoms in total. The van der Waals surface area contributed by atoms with Crippen LogP contribution >= 0.6 is 11.3 Å². The summed E-state index contributed by atoms with van der Waals surface area (Å²) in [5, 5.41) is 4.10. The third-order valence-electron chi connectivity index (χ3n) is 4.60. The van der Waals surface area contributed by atoms with Crippen LogP contribution in [0.15, 0.2) is 42.6 Å². The summed E-state index contributed by atoms with van der Waals surface area (Å²) in [6.45, 7) is 6.09. The number of aromatic nitrogens is 2. The normalized spacial score (nSPS) is 14.4. The number of hydrogen-bond acceptors (Lipinski definition) is 8. The number of aryl methyl sites for hydroxylation is 1. The maximum atomic E-state index is 11.1. The lowest BCUT2D eigenvalue weighted by Gasteiger charge is -2.26. The van der Waals surface area contributed by atoms with Crippen molar-refractivity contribution in [3.8, 4) is 17.0 Å². The molecule has 30 heavy (non-hydrogen) atoms. The Kier molecular flexibility index (Phi) is 6.22. The highest BCUT2D eigenvalue weighted by molar-refractivity contribution is 7.15. The highest BCUT2D eigenvalue weighted by Gasteiger charge is 2.14. The highest BCUT2D eigenvalue weighted by Crippen LogP contribution is 2.28. The Bertz CT molecular complexity index is 1030. The minimum Gasteiger partial charge on any atom is -0.410 e. The number of primary amides is 1. The van der Waals surface area contributed by atoms with Crippen molar-refractivity contribution in [2.24, 2.45) is 5.73 Å². The SMILES string of the molecule is Cc1cnc(Nc2cc(CN3CCOCC3)cc(-c3cccc(OC(N)=O)c3)n2)s1. The van der Waals surface area contributed by atoms with Gasteiger partial charge in [-0.05, 0) is 36.8 Å². The van der Waals surface area contributed by atoms with Crippen molar-refractivity contribution in [1.82, 2.24) is 14.9 Å². The largest absolute Gasteiger partial charge is 0.410 e. The summed E-state index contributed by atoms with van der Waals surface area (Å²) in [5.41, 5.74) is 7.87. The topological polar surface area (TPSA) is 103 Å². The molecule has 0 atom stereocenters. The summed E-state index contributed by atoms with van der Waals surface area (Å²) in [7, 11) is 0. The van der Waals surface area contributed by atoms with Gasteiger partial charge in [-0.25, -0.2) is 14.8 Å². The van der Waals surface area contributed by atoms with Gasteiger partial charge in [0.25, 0.3) is 0 Å². The smallest absolute Gasteiger partial charge is 0.409 e. The molecule has 3 heterocycles. The summed E-state index contributed by atoms with van der Waals surface area (Å²) in [6, 6.07) is 11.3. The van der Waals surface area contributed by atoms with Crippen LogP contribution in [-0.2, 0) is 11.3 Å². The van der Waals surface area contributed by atoms with E-state index in [1.807, 2.05) is 25.3 Å². The molecule has 1 aliphatic heterocycles. The van der Waals surface area contributed by atoms with E-state index in [2.05, 4.69) is 21.3 Å². The van der Waals surface area contributed by atoms with E-state index in [0.29, 0.717) is 11.6 Å². The molecule has 0 radical (unpaired) electrons. The zero-order valence-electron chi connectivity index (χ0n) is 16.6. The minimum absolute atomic E-state index is 0.380. The highest BCUT2D eigenvalue weighted by atomic mass is 32.1. The lowest BCUT2D eigenvalue weighted by molar-refractivity contribution is 0.0342. The predicted octanol–water partition coefficient (Wildman–Crippen LogP) is 3.55. The van der Waals surface area contributed by atoms with Gasteiger partial charge in [0.1, 0.15) is 11.6 Å². The molecular formula is C21H23N5O3S. The van der Waals surface area contributed by atoms with Gasteiger partial charge in [-0.15, -0.1) is 11.3 Å². The zero-order chi connectivity index (χ0) is 20.9. The van der Waals surface area contributed by atoms with Crippen molar-refractivity contribution in [2.45, 2.75) is 13.5 Å². The fourth-order valence-corrected chi connectivity index (χ4v) is 3.94. The number of ether oxygens (including phenoxy) is 2. The van der Waals surface area contributed by atoms with E-state index in [-0.39, 0.29) is 0 Å². The van der Waals surface area contributed by atoms with E-state index in [4.69, 9.17) is 20.2 Å². The average Bonchev–Trinajstić information content (AvgIpc) is 3.13. The molecule has 0 aliphatic carbocycles. The number of nitrogens with two attached hydrogens (primary N) is 1. The number of anilines is 2. The first-order chi connectivity index (χ1) is 14.5. The first kappa shape index (κ1) is 20.3. The molecule has 1 aliphatic rings. The predicted molar refractivity (Wildman–Crippen MR) is 116 cm³/mol. The molecule has 0 unspecified atom stereocenters. The van der Waals surface area contributed by atoms with E-state index < -0.39 is 6.09 Å². The summed E-state index contributed by atoms with van der Waals surface area (Å²) < 4.78 is 10.5. The number of nitrogens with one attached hydrogen (secondary N) is 1. The maximum Gasteiger partial charge on any atom is 0.409 e. The van der Waals surface area contributed by atoms with E-state index >= 15 is 0 Å². The zero-order valence-corrected chi connectivity index (χ0v) is 17.4. The average molecular weight is 426 g/mol. The van der Waals surface area contributed by atoms with Crippen molar-refractivity contribution < 1.29 is 14.3 Å². The van der Waals surface area contributed by atoms with Crippen molar-refractivity contribution in [2.75, 3.05) is 31.6 Å². The van der Waals surface area contributed by atoms with Crippen LogP contribution in [0, 0.1) is 6.92 Å². The van der Waals surface area contributed by atoms with Crippen LogP contribution in [0.2, 0.25) is 0 Å². The molecule has 1 aromatic carbocycles. The number of carbonyl (C=O) groups excluding carboxylic acids is 1. The van der Waals surface area contributed by atoms with Crippen LogP contribution in [0.5, 0.6) is 5.75 Å². The Morgan fingerprint density at radius 2 is 2.13 bits per heavy atom. The second-order valence-electron chi connectivity index (χ2n) is 6.98. The Balaban J connectivity index is 1.66. The van der Waals surface area contributed by atoms with E-state index in [0.717, 1.165) is 59.7 Å². The number of hydrogen-bond donors (Lipinski definition) is 2. The number of benzene rings is 1. The molecular weight excluding hydrogens is 402 g/mol. The van der Waals surface area contributed by atoms with Crippen LogP contribution in [0.25, 0.3) is 11.3 Å². The Labute approximate surface area is 178 Å². The van der Waals surface area contributed by atoms with Gasteiger partial charge in [0.15, 0.2) is 5.13 Å². The van der Waals surface area contributed by atoms with Gasteiger partial charge in [0.05, 0.1) is 18.9 Å². The van der Waals surface area contributed by atoms with E-state index in [1.165, 1.54) is 0 Å². The molecule has 3 N–H and O–H groups in total. The van der Waals surface area contributed by atoms with Gasteiger partial charge in [0.2, 0.25) is 0 Å². The van der Waals surface area contributed by atoms with Crippen LogP contribution < -0.4 is 15.8 Å². The summed E-state index contributed by atoms with van der Waals surface area (Å²) >= 11 is 1.57. The van der Waals surface area contributed by atoms with Crippen LogP contribution in [0.3, 0.4) is 0 Å². The minimum atomic E-state index is -0.845. The standard InChI is InChI=1S/C21H23N5O3S/c1-14-12-23-21(30-14)25-19-10-15(13-26-5-7-28-8-6-26)9-18(24-19)16-3-2-4-17(11-16)29-20(22)27/h2-4,9-12H,5-8,13H2,1H3,(H2,22,27)(H,23,24,25). The van der Waals surface area contributed by atoms with Gasteiger partial charge in [-0.2, -0.15) is 0 Å². The summed E-state index contributed by atoms with van der Waals surface area (Å²) in [4.78, 5) is 23.7. The number of rotatable bonds is 6. The molecule has 2 aromatic heterocycles. The number of thiazole rings is 1. The number of pyridine rings is 1. The molecule has 1 saturated heterocycles. The molecule has 0 spiro atoms. The molecule has 156 valence electrons. The number of nitrogens with zero attached hydrogens (tertiary/aromatic N) is 3. The Morgan fingerprint density at radius 1 is 1.30 bits per heavy atom. The maximum absolute atomic E-state index is 11.1. The van der Waals surface area contributed by atoms with Gasteiger partial charge in [-0.3, -0.25) is 4.90 Å². The van der Waals surface area contributed by atoms with Crippen molar-refractivity contribution in [3.63, 3.8) is 0 Å². The third-order valence-corrected chi connectivity index (χ3v) is 5.43. The third kappa shape index (κ3) is 5.32. The second-order valence-corrected chi connectivity index (χ2v) is 8.22. The van der Waals surface area contributed by atoms with Gasteiger partial charge < -0.3 is 20.5 Å². The van der Waals surface area contributed by atoms with Gasteiger partial charge in [-0.1, -0.05) is 12.1 Å². The molecule has 9 heteroatoms. The lowest BCUT2D eigenvalue weighted by Crippen LogP contribution is -2.35. The second kappa shape index (κ2) is 9.21. The van der Waals surface area contributed by atoms with Gasteiger partial charge >= 0.3 is 6.09 Å². The molecule has 4 rings (SSSR count). The first-order valence-electron chi connectivity index (χ1n) is 9.63. The monoisotopic (exact) mass is 425 g/mol. The first-order valence-corrected chi connectivity index (χ1v) is 10.4. The number of carbonyl (C=O) groups is 1. The van der Waals surface area contributed by atoms with Crippen LogP contribution in [-0.4, -0.2) is 47.3 Å². The summed E-state index contributed by atoms with van der Waals surface area (Å²) in [5.74, 6) is 1.09. The lowest BCUT2D eigenvalue weighted by atomic mass is 10.1. The van der Waals surface area contributed by atoms with Crippen molar-refractivity contribution in [3.05, 3.63) is 53.0 Å². The van der Waals surface area contributed by atoms with Crippen LogP contribution in [0.4, 0.5) is 15.7 Å². The van der Waals surface area contributed by atoms with E-state index in [1.54, 1.807) is 29.5 Å². The fourth-order valence-electron chi connectivity index (χ4n) is 3.27.